The average molecular weight is 647 g/mol. The van der Waals surface area contributed by atoms with E-state index in [-0.39, 0.29) is 45.5 Å². The molecule has 3 aromatic carbocycles. The van der Waals surface area contributed by atoms with Crippen LogP contribution in [-0.2, 0) is 57.9 Å². The minimum Gasteiger partial charge on any atom is -0.461 e. The van der Waals surface area contributed by atoms with E-state index in [2.05, 4.69) is 10.6 Å². The van der Waals surface area contributed by atoms with E-state index in [0.717, 1.165) is 16.7 Å². The van der Waals surface area contributed by atoms with Gasteiger partial charge in [0.15, 0.2) is 0 Å². The zero-order valence-electron chi connectivity index (χ0n) is 26.9. The Morgan fingerprint density at radius 1 is 0.574 bits per heavy atom. The normalized spacial score (nSPS) is 12.1. The maximum atomic E-state index is 13.5. The fourth-order valence-electron chi connectivity index (χ4n) is 4.21. The molecular weight excluding hydrogens is 604 g/mol. The van der Waals surface area contributed by atoms with Crippen LogP contribution in [0.5, 0.6) is 0 Å². The molecule has 0 heterocycles. The number of alkyl carbamates (subject to hydrolysis) is 1. The molecule has 0 aromatic heterocycles. The van der Waals surface area contributed by atoms with Gasteiger partial charge in [0.25, 0.3) is 0 Å². The highest BCUT2D eigenvalue weighted by Gasteiger charge is 2.30. The monoisotopic (exact) mass is 646 g/mol. The first-order valence-electron chi connectivity index (χ1n) is 15.4. The molecule has 0 saturated heterocycles. The summed E-state index contributed by atoms with van der Waals surface area (Å²) >= 11 is 0. The summed E-state index contributed by atoms with van der Waals surface area (Å²) in [7, 11) is 0. The van der Waals surface area contributed by atoms with E-state index < -0.39 is 47.6 Å². The second-order valence-corrected chi connectivity index (χ2v) is 11.7. The van der Waals surface area contributed by atoms with E-state index in [1.807, 2.05) is 66.7 Å². The van der Waals surface area contributed by atoms with Gasteiger partial charge in [0.2, 0.25) is 5.91 Å². The third kappa shape index (κ3) is 14.6. The van der Waals surface area contributed by atoms with Gasteiger partial charge in [-0.15, -0.1) is 0 Å². The summed E-state index contributed by atoms with van der Waals surface area (Å²) in [6.07, 6.45) is -1.58. The Morgan fingerprint density at radius 2 is 0.979 bits per heavy atom. The number of carbonyl (C=O) groups is 5. The summed E-state index contributed by atoms with van der Waals surface area (Å²) in [4.78, 5) is 64.4. The molecule has 3 aromatic rings. The molecule has 0 aliphatic carbocycles. The first kappa shape index (κ1) is 36.3. The molecule has 2 atom stereocenters. The number of nitrogens with one attached hydrogen (secondary N) is 2. The number of rotatable bonds is 16. The van der Waals surface area contributed by atoms with Gasteiger partial charge in [0.1, 0.15) is 37.5 Å². The van der Waals surface area contributed by atoms with Crippen molar-refractivity contribution in [3.63, 3.8) is 0 Å². The van der Waals surface area contributed by atoms with Gasteiger partial charge < -0.3 is 29.6 Å². The fraction of sp³-hybridized carbons (Fsp3) is 0.361. The lowest BCUT2D eigenvalue weighted by Crippen LogP contribution is -2.52. The third-order valence-electron chi connectivity index (χ3n) is 6.59. The van der Waals surface area contributed by atoms with Gasteiger partial charge in [-0.1, -0.05) is 91.0 Å². The topological polar surface area (TPSA) is 146 Å². The first-order chi connectivity index (χ1) is 22.5. The minimum atomic E-state index is -1.27. The highest BCUT2D eigenvalue weighted by Crippen LogP contribution is 2.12. The number of ether oxygens (including phenoxy) is 4. The molecule has 0 aliphatic rings. The van der Waals surface area contributed by atoms with E-state index in [4.69, 9.17) is 18.9 Å². The van der Waals surface area contributed by atoms with Crippen molar-refractivity contribution in [1.29, 1.82) is 0 Å². The van der Waals surface area contributed by atoms with Gasteiger partial charge in [0, 0.05) is 12.8 Å². The molecule has 0 unspecified atom stereocenters. The Kier molecular flexibility index (Phi) is 14.4. The zero-order chi connectivity index (χ0) is 34.1. The Bertz CT molecular complexity index is 1440. The molecular formula is C36H42N2O9. The Hall–Kier alpha value is -5.19. The van der Waals surface area contributed by atoms with Crippen LogP contribution in [0.25, 0.3) is 0 Å². The van der Waals surface area contributed by atoms with Crippen LogP contribution in [0.1, 0.15) is 63.1 Å². The molecule has 0 saturated carbocycles. The molecule has 0 spiro atoms. The number of esters is 3. The van der Waals surface area contributed by atoms with Gasteiger partial charge in [0.05, 0.1) is 0 Å². The Morgan fingerprint density at radius 3 is 1.40 bits per heavy atom. The molecule has 11 nitrogen and oxygen atoms in total. The van der Waals surface area contributed by atoms with Crippen molar-refractivity contribution in [2.75, 3.05) is 0 Å². The van der Waals surface area contributed by atoms with Crippen molar-refractivity contribution < 1.29 is 42.9 Å². The van der Waals surface area contributed by atoms with E-state index in [9.17, 15) is 24.0 Å². The van der Waals surface area contributed by atoms with E-state index >= 15 is 0 Å². The SMILES string of the molecule is CC(C)(C)OC(=O)N[C@@H](CCC(=O)OCc1ccccc1)C(=O)N[C@@H](CCC(=O)OCc1ccccc1)C(=O)OCc1ccccc1. The number of benzene rings is 3. The number of hydrogen-bond donors (Lipinski definition) is 2. The van der Waals surface area contributed by atoms with Gasteiger partial charge in [-0.25, -0.2) is 9.59 Å². The molecule has 47 heavy (non-hydrogen) atoms. The summed E-state index contributed by atoms with van der Waals surface area (Å²) in [5.41, 5.74) is 1.46. The molecule has 250 valence electrons. The smallest absolute Gasteiger partial charge is 0.408 e. The summed E-state index contributed by atoms with van der Waals surface area (Å²) in [6, 6.07) is 24.6. The second kappa shape index (κ2) is 18.7. The third-order valence-corrected chi connectivity index (χ3v) is 6.59. The van der Waals surface area contributed by atoms with Crippen LogP contribution in [0.15, 0.2) is 91.0 Å². The predicted octanol–water partition coefficient (Wildman–Crippen LogP) is 5.16. The quantitative estimate of drug-likeness (QED) is 0.159. The Labute approximate surface area is 274 Å². The van der Waals surface area contributed by atoms with Crippen molar-refractivity contribution in [1.82, 2.24) is 10.6 Å². The number of carbonyl (C=O) groups excluding carboxylic acids is 5. The van der Waals surface area contributed by atoms with Crippen molar-refractivity contribution in [3.8, 4) is 0 Å². The van der Waals surface area contributed by atoms with Gasteiger partial charge in [-0.3, -0.25) is 14.4 Å². The van der Waals surface area contributed by atoms with E-state index in [1.54, 1.807) is 45.0 Å². The molecule has 0 fully saturated rings. The van der Waals surface area contributed by atoms with Crippen molar-refractivity contribution in [3.05, 3.63) is 108 Å². The molecule has 0 radical (unpaired) electrons. The summed E-state index contributed by atoms with van der Waals surface area (Å²) < 4.78 is 21.4. The van der Waals surface area contributed by atoms with Crippen LogP contribution in [0.4, 0.5) is 4.79 Å². The zero-order valence-corrected chi connectivity index (χ0v) is 26.9. The molecule has 0 bridgehead atoms. The average Bonchev–Trinajstić information content (AvgIpc) is 3.06. The molecule has 11 heteroatoms. The van der Waals surface area contributed by atoms with Crippen LogP contribution in [0.3, 0.4) is 0 Å². The van der Waals surface area contributed by atoms with Crippen molar-refractivity contribution in [2.45, 2.75) is 84.0 Å². The highest BCUT2D eigenvalue weighted by atomic mass is 16.6. The lowest BCUT2D eigenvalue weighted by atomic mass is 10.1. The van der Waals surface area contributed by atoms with Crippen LogP contribution >= 0.6 is 0 Å². The maximum absolute atomic E-state index is 13.5. The van der Waals surface area contributed by atoms with Gasteiger partial charge in [-0.2, -0.15) is 0 Å². The minimum absolute atomic E-state index is 0.0474. The van der Waals surface area contributed by atoms with Crippen molar-refractivity contribution >= 4 is 29.9 Å². The van der Waals surface area contributed by atoms with Gasteiger partial charge >= 0.3 is 24.0 Å². The maximum Gasteiger partial charge on any atom is 0.408 e. The largest absolute Gasteiger partial charge is 0.461 e. The summed E-state index contributed by atoms with van der Waals surface area (Å²) in [5, 5.41) is 5.07. The van der Waals surface area contributed by atoms with E-state index in [0.29, 0.717) is 0 Å². The fourth-order valence-corrected chi connectivity index (χ4v) is 4.21. The summed E-state index contributed by atoms with van der Waals surface area (Å²) in [5.74, 6) is -2.71. The lowest BCUT2D eigenvalue weighted by Gasteiger charge is -2.25. The highest BCUT2D eigenvalue weighted by molar-refractivity contribution is 5.90. The van der Waals surface area contributed by atoms with Crippen molar-refractivity contribution in [2.24, 2.45) is 0 Å². The Balaban J connectivity index is 1.67. The first-order valence-corrected chi connectivity index (χ1v) is 15.4. The predicted molar refractivity (Wildman–Crippen MR) is 172 cm³/mol. The molecule has 2 amide bonds. The second-order valence-electron chi connectivity index (χ2n) is 11.7. The van der Waals surface area contributed by atoms with Crippen LogP contribution < -0.4 is 10.6 Å². The molecule has 3 rings (SSSR count). The lowest BCUT2D eigenvalue weighted by molar-refractivity contribution is -0.151. The van der Waals surface area contributed by atoms with Crippen LogP contribution in [-0.4, -0.2) is 47.6 Å². The molecule has 2 N–H and O–H groups in total. The molecule has 0 aliphatic heterocycles. The van der Waals surface area contributed by atoms with E-state index in [1.165, 1.54) is 0 Å². The van der Waals surface area contributed by atoms with Gasteiger partial charge in [-0.05, 0) is 50.3 Å². The van der Waals surface area contributed by atoms with Crippen LogP contribution in [0.2, 0.25) is 0 Å². The van der Waals surface area contributed by atoms with Crippen LogP contribution in [0, 0.1) is 0 Å². The number of hydrogen-bond acceptors (Lipinski definition) is 9. The number of amides is 2. The standard InChI is InChI=1S/C36H42N2O9/c1-36(2,3)47-35(43)38-29(19-21-31(39)44-23-26-13-7-4-8-14-26)33(41)37-30(34(42)46-25-28-17-11-6-12-18-28)20-22-32(40)45-24-27-15-9-5-10-16-27/h4-18,29-30H,19-25H2,1-3H3,(H,37,41)(H,38,43)/t29-,30-/m0/s1. The summed E-state index contributed by atoms with van der Waals surface area (Å²) in [6.45, 7) is 5.04.